The molecule has 0 aromatic heterocycles. The number of amides is 1. The predicted octanol–water partition coefficient (Wildman–Crippen LogP) is 4.93. The molecule has 0 aliphatic rings. The van der Waals surface area contributed by atoms with Crippen LogP contribution in [0.5, 0.6) is 5.75 Å². The van der Waals surface area contributed by atoms with Gasteiger partial charge in [0.1, 0.15) is 5.75 Å². The van der Waals surface area contributed by atoms with Gasteiger partial charge in [0.25, 0.3) is 5.91 Å². The molecule has 8 heteroatoms. The second-order valence-electron chi connectivity index (χ2n) is 4.99. The fourth-order valence-corrected chi connectivity index (χ4v) is 2.10. The van der Waals surface area contributed by atoms with Crippen LogP contribution in [0.3, 0.4) is 0 Å². The number of ether oxygens (including phenoxy) is 1. The summed E-state index contributed by atoms with van der Waals surface area (Å²) in [6.07, 6.45) is -4.47. The third-order valence-electron chi connectivity index (χ3n) is 3.17. The molecule has 0 radical (unpaired) electrons. The summed E-state index contributed by atoms with van der Waals surface area (Å²) in [6.45, 7) is 1.63. The van der Waals surface area contributed by atoms with Crippen molar-refractivity contribution in [3.63, 3.8) is 0 Å². The lowest BCUT2D eigenvalue weighted by atomic mass is 10.1. The molecule has 4 nitrogen and oxygen atoms in total. The number of halogens is 4. The fourth-order valence-electron chi connectivity index (χ4n) is 1.93. The summed E-state index contributed by atoms with van der Waals surface area (Å²) in [4.78, 5) is 23.3. The van der Waals surface area contributed by atoms with Crippen LogP contribution in [-0.2, 0) is 11.0 Å². The van der Waals surface area contributed by atoms with Gasteiger partial charge in [-0.2, -0.15) is 13.2 Å². The summed E-state index contributed by atoms with van der Waals surface area (Å²) >= 11 is 5.59. The van der Waals surface area contributed by atoms with Crippen LogP contribution in [-0.4, -0.2) is 11.9 Å². The first kappa shape index (κ1) is 18.8. The molecule has 0 unspecified atom stereocenters. The number of alkyl halides is 3. The van der Waals surface area contributed by atoms with Crippen molar-refractivity contribution in [1.29, 1.82) is 0 Å². The molecular weight excluding hydrogens is 359 g/mol. The van der Waals surface area contributed by atoms with Crippen molar-refractivity contribution in [2.24, 2.45) is 0 Å². The molecule has 132 valence electrons. The molecule has 1 amide bonds. The topological polar surface area (TPSA) is 55.4 Å². The van der Waals surface area contributed by atoms with Gasteiger partial charge in [-0.05, 0) is 42.5 Å². The first-order valence-electron chi connectivity index (χ1n) is 7.19. The lowest BCUT2D eigenvalue weighted by Crippen LogP contribution is -2.16. The van der Waals surface area contributed by atoms with E-state index in [-0.39, 0.29) is 22.8 Å². The van der Waals surface area contributed by atoms with E-state index >= 15 is 0 Å². The van der Waals surface area contributed by atoms with E-state index in [0.717, 1.165) is 12.1 Å². The molecule has 0 aliphatic heterocycles. The summed E-state index contributed by atoms with van der Waals surface area (Å²) in [7, 11) is 0. The third-order valence-corrected chi connectivity index (χ3v) is 3.41. The summed E-state index contributed by atoms with van der Waals surface area (Å²) in [6, 6.07) is 8.53. The lowest BCUT2D eigenvalue weighted by molar-refractivity contribution is -0.137. The summed E-state index contributed by atoms with van der Waals surface area (Å²) in [5.41, 5.74) is -1.33. The maximum Gasteiger partial charge on any atom is 0.418 e. The molecule has 0 atom stereocenters. The Morgan fingerprint density at radius 1 is 1.12 bits per heavy atom. The monoisotopic (exact) mass is 371 g/mol. The van der Waals surface area contributed by atoms with Gasteiger partial charge in [0.15, 0.2) is 0 Å². The van der Waals surface area contributed by atoms with Crippen molar-refractivity contribution in [2.75, 3.05) is 5.32 Å². The Balaban J connectivity index is 2.19. The molecule has 2 aromatic carbocycles. The Bertz CT molecular complexity index is 789. The zero-order valence-corrected chi connectivity index (χ0v) is 13.7. The maximum absolute atomic E-state index is 13.0. The van der Waals surface area contributed by atoms with Gasteiger partial charge in [0.2, 0.25) is 0 Å². The number of esters is 1. The first-order chi connectivity index (χ1) is 11.7. The fraction of sp³-hybridized carbons (Fsp3) is 0.176. The molecule has 25 heavy (non-hydrogen) atoms. The number of carbonyl (C=O) groups excluding carboxylic acids is 2. The standard InChI is InChI=1S/C17H13ClF3NO3/c1-2-15(23)25-12-6-3-10(4-7-12)16(24)22-14-8-5-11(18)9-13(14)17(19,20)21/h3-9H,2H2,1H3,(H,22,24). The Labute approximate surface area is 146 Å². The SMILES string of the molecule is CCC(=O)Oc1ccc(C(=O)Nc2ccc(Cl)cc2C(F)(F)F)cc1. The van der Waals surface area contributed by atoms with Crippen molar-refractivity contribution in [2.45, 2.75) is 19.5 Å². The van der Waals surface area contributed by atoms with Gasteiger partial charge in [-0.15, -0.1) is 0 Å². The molecule has 2 rings (SSSR count). The molecule has 0 saturated heterocycles. The normalized spacial score (nSPS) is 11.1. The van der Waals surface area contributed by atoms with Crippen LogP contribution >= 0.6 is 11.6 Å². The smallest absolute Gasteiger partial charge is 0.418 e. The van der Waals surface area contributed by atoms with Gasteiger partial charge < -0.3 is 10.1 Å². The van der Waals surface area contributed by atoms with Crippen LogP contribution in [0.25, 0.3) is 0 Å². The molecule has 0 bridgehead atoms. The highest BCUT2D eigenvalue weighted by Gasteiger charge is 2.34. The van der Waals surface area contributed by atoms with Gasteiger partial charge in [-0.25, -0.2) is 0 Å². The highest BCUT2D eigenvalue weighted by molar-refractivity contribution is 6.30. The van der Waals surface area contributed by atoms with Crippen LogP contribution in [0.15, 0.2) is 42.5 Å². The summed E-state index contributed by atoms with van der Waals surface area (Å²) in [5.74, 6) is -0.930. The van der Waals surface area contributed by atoms with Crippen molar-refractivity contribution < 1.29 is 27.5 Å². The van der Waals surface area contributed by atoms with Gasteiger partial charge in [-0.1, -0.05) is 18.5 Å². The van der Waals surface area contributed by atoms with E-state index in [4.69, 9.17) is 16.3 Å². The third kappa shape index (κ3) is 4.96. The van der Waals surface area contributed by atoms with Crippen LogP contribution in [0.2, 0.25) is 5.02 Å². The van der Waals surface area contributed by atoms with Crippen molar-refractivity contribution in [3.8, 4) is 5.75 Å². The molecule has 1 N–H and O–H groups in total. The highest BCUT2D eigenvalue weighted by Crippen LogP contribution is 2.36. The molecule has 0 heterocycles. The maximum atomic E-state index is 13.0. The Kier molecular flexibility index (Phi) is 5.69. The van der Waals surface area contributed by atoms with Gasteiger partial charge in [0.05, 0.1) is 11.3 Å². The Hall–Kier alpha value is -2.54. The average Bonchev–Trinajstić information content (AvgIpc) is 2.56. The van der Waals surface area contributed by atoms with Crippen molar-refractivity contribution in [3.05, 3.63) is 58.6 Å². The first-order valence-corrected chi connectivity index (χ1v) is 7.57. The minimum Gasteiger partial charge on any atom is -0.427 e. The van der Waals surface area contributed by atoms with E-state index < -0.39 is 29.3 Å². The number of rotatable bonds is 4. The number of nitrogens with one attached hydrogen (secondary N) is 1. The molecule has 0 aliphatic carbocycles. The number of anilines is 1. The van der Waals surface area contributed by atoms with E-state index in [1.54, 1.807) is 6.92 Å². The van der Waals surface area contributed by atoms with Crippen LogP contribution < -0.4 is 10.1 Å². The van der Waals surface area contributed by atoms with Crippen molar-refractivity contribution >= 4 is 29.2 Å². The number of carbonyl (C=O) groups is 2. The van der Waals surface area contributed by atoms with E-state index in [9.17, 15) is 22.8 Å². The number of hydrogen-bond donors (Lipinski definition) is 1. The summed E-state index contributed by atoms with van der Waals surface area (Å²) < 4.78 is 44.1. The lowest BCUT2D eigenvalue weighted by Gasteiger charge is -2.14. The van der Waals surface area contributed by atoms with Crippen LogP contribution in [0, 0.1) is 0 Å². The average molecular weight is 372 g/mol. The largest absolute Gasteiger partial charge is 0.427 e. The van der Waals surface area contributed by atoms with E-state index in [1.807, 2.05) is 0 Å². The predicted molar refractivity (Wildman–Crippen MR) is 86.8 cm³/mol. The van der Waals surface area contributed by atoms with Gasteiger partial charge >= 0.3 is 12.1 Å². The van der Waals surface area contributed by atoms with Gasteiger partial charge in [0, 0.05) is 17.0 Å². The Morgan fingerprint density at radius 2 is 1.76 bits per heavy atom. The number of benzene rings is 2. The van der Waals surface area contributed by atoms with Crippen molar-refractivity contribution in [1.82, 2.24) is 0 Å². The molecule has 0 fully saturated rings. The second kappa shape index (κ2) is 7.57. The molecule has 2 aromatic rings. The minimum atomic E-state index is -4.66. The highest BCUT2D eigenvalue weighted by atomic mass is 35.5. The summed E-state index contributed by atoms with van der Waals surface area (Å²) in [5, 5.41) is 2.12. The minimum absolute atomic E-state index is 0.0904. The molecule has 0 saturated carbocycles. The van der Waals surface area contributed by atoms with Crippen LogP contribution in [0.4, 0.5) is 18.9 Å². The quantitative estimate of drug-likeness (QED) is 0.612. The van der Waals surface area contributed by atoms with E-state index in [0.29, 0.717) is 0 Å². The Morgan fingerprint density at radius 3 is 2.32 bits per heavy atom. The second-order valence-corrected chi connectivity index (χ2v) is 5.43. The zero-order chi connectivity index (χ0) is 18.6. The van der Waals surface area contributed by atoms with Crippen LogP contribution in [0.1, 0.15) is 29.3 Å². The van der Waals surface area contributed by atoms with E-state index in [2.05, 4.69) is 5.32 Å². The molecular formula is C17H13ClF3NO3. The zero-order valence-electron chi connectivity index (χ0n) is 13.0. The van der Waals surface area contributed by atoms with E-state index in [1.165, 1.54) is 30.3 Å². The number of hydrogen-bond acceptors (Lipinski definition) is 3. The molecule has 0 spiro atoms. The van der Waals surface area contributed by atoms with Gasteiger partial charge in [-0.3, -0.25) is 9.59 Å².